The summed E-state index contributed by atoms with van der Waals surface area (Å²) >= 11 is 0. The highest BCUT2D eigenvalue weighted by atomic mass is 32.2. The summed E-state index contributed by atoms with van der Waals surface area (Å²) < 4.78 is 105. The van der Waals surface area contributed by atoms with Gasteiger partial charge in [0.25, 0.3) is 0 Å². The van der Waals surface area contributed by atoms with Crippen LogP contribution in [0.5, 0.6) is 5.75 Å². The second kappa shape index (κ2) is 10.4. The number of sulfone groups is 1. The zero-order valence-electron chi connectivity index (χ0n) is 19.6. The molecule has 0 saturated heterocycles. The number of carbonyl (C=O) groups is 1. The van der Waals surface area contributed by atoms with Crippen molar-refractivity contribution in [3.05, 3.63) is 59.7 Å². The van der Waals surface area contributed by atoms with Gasteiger partial charge in [0, 0.05) is 11.5 Å². The van der Waals surface area contributed by atoms with Crippen LogP contribution in [0.4, 0.5) is 26.3 Å². The Morgan fingerprint density at radius 2 is 1.61 bits per heavy atom. The molecule has 0 aromatic heterocycles. The van der Waals surface area contributed by atoms with E-state index in [4.69, 9.17) is 0 Å². The normalized spacial score (nSPS) is 20.3. The van der Waals surface area contributed by atoms with Gasteiger partial charge in [-0.1, -0.05) is 38.5 Å². The molecule has 1 fully saturated rings. The van der Waals surface area contributed by atoms with E-state index in [2.05, 4.69) is 4.74 Å². The molecule has 0 heterocycles. The van der Waals surface area contributed by atoms with E-state index in [0.717, 1.165) is 24.3 Å². The first-order chi connectivity index (χ1) is 16.6. The lowest BCUT2D eigenvalue weighted by molar-refractivity contribution is -0.274. The lowest BCUT2D eigenvalue weighted by Crippen LogP contribution is -2.36. The van der Waals surface area contributed by atoms with Crippen LogP contribution >= 0.6 is 0 Å². The molecule has 198 valence electrons. The highest BCUT2D eigenvalue weighted by molar-refractivity contribution is 7.92. The highest BCUT2D eigenvalue weighted by Gasteiger charge is 2.40. The van der Waals surface area contributed by atoms with Crippen LogP contribution < -0.4 is 4.74 Å². The van der Waals surface area contributed by atoms with Crippen LogP contribution in [0.25, 0.3) is 0 Å². The van der Waals surface area contributed by atoms with E-state index in [-0.39, 0.29) is 28.1 Å². The van der Waals surface area contributed by atoms with E-state index in [0.29, 0.717) is 25.7 Å². The fourth-order valence-electron chi connectivity index (χ4n) is 4.30. The molecule has 0 aliphatic heterocycles. The van der Waals surface area contributed by atoms with Crippen LogP contribution in [0.1, 0.15) is 55.5 Å². The summed E-state index contributed by atoms with van der Waals surface area (Å²) in [5.74, 6) is -1.27. The third-order valence-corrected chi connectivity index (χ3v) is 8.97. The van der Waals surface area contributed by atoms with E-state index in [1.807, 2.05) is 6.92 Å². The monoisotopic (exact) mass is 536 g/mol. The van der Waals surface area contributed by atoms with Crippen LogP contribution in [-0.2, 0) is 16.0 Å². The number of hydrogen-bond donors (Lipinski definition) is 0. The van der Waals surface area contributed by atoms with Crippen LogP contribution in [0.15, 0.2) is 53.4 Å². The molecule has 2 unspecified atom stereocenters. The number of benzene rings is 2. The standard InChI is InChI=1S/C25H26F6O4S/c1-15(16(2)23(32)18-8-10-19(11-9-18)24(26,27)28)6-7-17-12-22(13-17)36(33,34)21-5-3-4-20(14-21)35-25(29,30)31/h3-5,8-11,14-17,22H,6-7,12-13H2,1-2H3. The average Bonchev–Trinajstić information content (AvgIpc) is 2.75. The second-order valence-corrected chi connectivity index (χ2v) is 11.5. The third kappa shape index (κ3) is 6.80. The Kier molecular flexibility index (Phi) is 8.12. The van der Waals surface area contributed by atoms with Crippen molar-refractivity contribution in [1.82, 2.24) is 0 Å². The van der Waals surface area contributed by atoms with Crippen LogP contribution in [-0.4, -0.2) is 25.8 Å². The van der Waals surface area contributed by atoms with Gasteiger partial charge >= 0.3 is 12.5 Å². The van der Waals surface area contributed by atoms with Crippen molar-refractivity contribution >= 4 is 15.6 Å². The van der Waals surface area contributed by atoms with Gasteiger partial charge in [-0.2, -0.15) is 13.2 Å². The van der Waals surface area contributed by atoms with Gasteiger partial charge in [0.05, 0.1) is 15.7 Å². The van der Waals surface area contributed by atoms with Crippen molar-refractivity contribution in [2.24, 2.45) is 17.8 Å². The molecule has 3 rings (SSSR count). The summed E-state index contributed by atoms with van der Waals surface area (Å²) in [6.07, 6.45) is -7.39. The van der Waals surface area contributed by atoms with Gasteiger partial charge < -0.3 is 4.74 Å². The molecule has 4 nitrogen and oxygen atoms in total. The lowest BCUT2D eigenvalue weighted by Gasteiger charge is -2.35. The predicted octanol–water partition coefficient (Wildman–Crippen LogP) is 7.09. The minimum atomic E-state index is -4.92. The largest absolute Gasteiger partial charge is 0.573 e. The number of Topliss-reactive ketones (excluding diaryl/α,β-unsaturated/α-hetero) is 1. The van der Waals surface area contributed by atoms with Gasteiger partial charge in [-0.15, -0.1) is 13.2 Å². The van der Waals surface area contributed by atoms with Crippen molar-refractivity contribution in [2.45, 2.75) is 62.2 Å². The van der Waals surface area contributed by atoms with Gasteiger partial charge in [0.1, 0.15) is 5.75 Å². The minimum Gasteiger partial charge on any atom is -0.406 e. The lowest BCUT2D eigenvalue weighted by atomic mass is 9.77. The zero-order chi connectivity index (χ0) is 26.9. The van der Waals surface area contributed by atoms with E-state index >= 15 is 0 Å². The number of ether oxygens (including phenoxy) is 1. The van der Waals surface area contributed by atoms with Crippen molar-refractivity contribution < 1.29 is 44.3 Å². The Bertz CT molecular complexity index is 1170. The molecule has 0 radical (unpaired) electrons. The fourth-order valence-corrected chi connectivity index (χ4v) is 6.28. The summed E-state index contributed by atoms with van der Waals surface area (Å²) in [6.45, 7) is 3.58. The molecule has 0 N–H and O–H groups in total. The van der Waals surface area contributed by atoms with Gasteiger partial charge in [-0.3, -0.25) is 4.79 Å². The molecular weight excluding hydrogens is 510 g/mol. The zero-order valence-corrected chi connectivity index (χ0v) is 20.4. The quantitative estimate of drug-likeness (QED) is 0.254. The molecule has 0 bridgehead atoms. The Morgan fingerprint density at radius 3 is 2.17 bits per heavy atom. The predicted molar refractivity (Wildman–Crippen MR) is 120 cm³/mol. The SMILES string of the molecule is CC(CCC1CC(S(=O)(=O)c2cccc(OC(F)(F)F)c2)C1)C(C)C(=O)c1ccc(C(F)(F)F)cc1. The molecule has 2 aromatic carbocycles. The highest BCUT2D eigenvalue weighted by Crippen LogP contribution is 2.41. The van der Waals surface area contributed by atoms with Gasteiger partial charge in [-0.25, -0.2) is 8.42 Å². The fraction of sp³-hybridized carbons (Fsp3) is 0.480. The summed E-state index contributed by atoms with van der Waals surface area (Å²) in [7, 11) is -3.81. The molecule has 0 amide bonds. The first kappa shape index (κ1) is 28.0. The number of rotatable bonds is 9. The number of ketones is 1. The number of alkyl halides is 6. The minimum absolute atomic E-state index is 0.0772. The van der Waals surface area contributed by atoms with E-state index in [9.17, 15) is 39.6 Å². The molecule has 1 aliphatic carbocycles. The maximum atomic E-state index is 12.8. The first-order valence-corrected chi connectivity index (χ1v) is 12.9. The van der Waals surface area contributed by atoms with E-state index < -0.39 is 44.9 Å². The number of halogens is 6. The number of hydrogen-bond acceptors (Lipinski definition) is 4. The maximum Gasteiger partial charge on any atom is 0.573 e. The van der Waals surface area contributed by atoms with E-state index in [1.54, 1.807) is 6.92 Å². The molecule has 1 aliphatic rings. The molecule has 11 heteroatoms. The van der Waals surface area contributed by atoms with Gasteiger partial charge in [0.15, 0.2) is 15.6 Å². The van der Waals surface area contributed by atoms with Crippen LogP contribution in [0, 0.1) is 17.8 Å². The Balaban J connectivity index is 1.51. The van der Waals surface area contributed by atoms with Crippen molar-refractivity contribution in [3.63, 3.8) is 0 Å². The molecule has 36 heavy (non-hydrogen) atoms. The third-order valence-electron chi connectivity index (χ3n) is 6.79. The second-order valence-electron chi connectivity index (χ2n) is 9.31. The topological polar surface area (TPSA) is 60.4 Å². The van der Waals surface area contributed by atoms with Crippen LogP contribution in [0.2, 0.25) is 0 Å². The molecular formula is C25H26F6O4S. The van der Waals surface area contributed by atoms with Crippen molar-refractivity contribution in [3.8, 4) is 5.75 Å². The summed E-state index contributed by atoms with van der Waals surface area (Å²) in [5, 5.41) is -0.704. The molecule has 1 saturated carbocycles. The summed E-state index contributed by atoms with van der Waals surface area (Å²) in [6, 6.07) is 8.44. The van der Waals surface area contributed by atoms with E-state index in [1.165, 1.54) is 24.3 Å². The molecule has 2 aromatic rings. The Labute approximate surface area is 205 Å². The Morgan fingerprint density at radius 1 is 1.00 bits per heavy atom. The average molecular weight is 537 g/mol. The molecule has 0 spiro atoms. The van der Waals surface area contributed by atoms with Gasteiger partial charge in [-0.05, 0) is 61.4 Å². The first-order valence-electron chi connectivity index (χ1n) is 11.4. The number of carbonyl (C=O) groups excluding carboxylic acids is 1. The summed E-state index contributed by atoms with van der Waals surface area (Å²) in [4.78, 5) is 12.5. The smallest absolute Gasteiger partial charge is 0.406 e. The Hall–Kier alpha value is -2.56. The van der Waals surface area contributed by atoms with Crippen molar-refractivity contribution in [1.29, 1.82) is 0 Å². The van der Waals surface area contributed by atoms with Crippen LogP contribution in [0.3, 0.4) is 0 Å². The molecule has 2 atom stereocenters. The summed E-state index contributed by atoms with van der Waals surface area (Å²) in [5.41, 5.74) is -0.622. The van der Waals surface area contributed by atoms with Crippen molar-refractivity contribution in [2.75, 3.05) is 0 Å². The van der Waals surface area contributed by atoms with Gasteiger partial charge in [0.2, 0.25) is 0 Å². The maximum absolute atomic E-state index is 12.8.